The first-order valence-corrected chi connectivity index (χ1v) is 5.13. The Hall–Kier alpha value is -1.02. The lowest BCUT2D eigenvalue weighted by molar-refractivity contribution is 0.0504. The van der Waals surface area contributed by atoms with Crippen LogP contribution in [0.5, 0.6) is 5.75 Å². The molecule has 1 aromatic carbocycles. The molecule has 2 unspecified atom stereocenters. The molecular weight excluding hydrogens is 176 g/mol. The minimum Gasteiger partial charge on any atom is -0.467 e. The fourth-order valence-corrected chi connectivity index (χ4v) is 2.52. The maximum Gasteiger partial charge on any atom is 0.188 e. The second-order valence-corrected chi connectivity index (χ2v) is 4.18. The number of methoxy groups -OCH3 is 1. The van der Waals surface area contributed by atoms with Gasteiger partial charge in [-0.15, -0.1) is 0 Å². The summed E-state index contributed by atoms with van der Waals surface area (Å²) < 4.78 is 10.5. The molecule has 2 heteroatoms. The van der Waals surface area contributed by atoms with Gasteiger partial charge in [0.25, 0.3) is 0 Å². The van der Waals surface area contributed by atoms with Gasteiger partial charge in [-0.1, -0.05) is 12.1 Å². The second kappa shape index (κ2) is 2.99. The van der Waals surface area contributed by atoms with Crippen LogP contribution in [0.3, 0.4) is 0 Å². The predicted molar refractivity (Wildman–Crippen MR) is 53.5 cm³/mol. The van der Waals surface area contributed by atoms with Crippen molar-refractivity contribution in [3.8, 4) is 5.75 Å². The van der Waals surface area contributed by atoms with Gasteiger partial charge in [0, 0.05) is 7.11 Å². The summed E-state index contributed by atoms with van der Waals surface area (Å²) in [6.45, 7) is 0.353. The standard InChI is InChI=1S/C12H14O2/c1-13-7-14-12-4-2-3-9-10-5-8(10)6-11(9)12/h2-4,8,10H,5-7H2,1H3. The van der Waals surface area contributed by atoms with Crippen LogP contribution in [0.15, 0.2) is 18.2 Å². The number of fused-ring (bicyclic) bond motifs is 3. The predicted octanol–water partition coefficient (Wildman–Crippen LogP) is 2.33. The molecule has 2 atom stereocenters. The number of ether oxygens (including phenoxy) is 2. The van der Waals surface area contributed by atoms with Crippen LogP contribution in [-0.4, -0.2) is 13.9 Å². The molecule has 0 aliphatic heterocycles. The lowest BCUT2D eigenvalue weighted by Crippen LogP contribution is -2.02. The van der Waals surface area contributed by atoms with Gasteiger partial charge in [0.15, 0.2) is 6.79 Å². The molecule has 1 aromatic rings. The van der Waals surface area contributed by atoms with E-state index in [4.69, 9.17) is 9.47 Å². The first-order chi connectivity index (χ1) is 6.90. The van der Waals surface area contributed by atoms with Crippen LogP contribution in [-0.2, 0) is 11.2 Å². The summed E-state index contributed by atoms with van der Waals surface area (Å²) in [5.74, 6) is 2.78. The van der Waals surface area contributed by atoms with Crippen LogP contribution in [0.2, 0.25) is 0 Å². The van der Waals surface area contributed by atoms with E-state index in [1.165, 1.54) is 24.0 Å². The maximum atomic E-state index is 5.54. The van der Waals surface area contributed by atoms with E-state index in [-0.39, 0.29) is 0 Å². The van der Waals surface area contributed by atoms with Crippen molar-refractivity contribution in [1.29, 1.82) is 0 Å². The molecule has 1 saturated carbocycles. The summed E-state index contributed by atoms with van der Waals surface area (Å²) >= 11 is 0. The number of rotatable bonds is 3. The SMILES string of the molecule is COCOc1cccc2c1CC1CC21. The van der Waals surface area contributed by atoms with Crippen LogP contribution in [0.25, 0.3) is 0 Å². The van der Waals surface area contributed by atoms with Crippen LogP contribution in [0, 0.1) is 5.92 Å². The summed E-state index contributed by atoms with van der Waals surface area (Å²) in [7, 11) is 1.65. The quantitative estimate of drug-likeness (QED) is 0.681. The van der Waals surface area contributed by atoms with Crippen molar-refractivity contribution in [2.75, 3.05) is 13.9 Å². The molecule has 0 amide bonds. The van der Waals surface area contributed by atoms with E-state index in [9.17, 15) is 0 Å². The Morgan fingerprint density at radius 1 is 1.43 bits per heavy atom. The average Bonchev–Trinajstić information content (AvgIpc) is 2.89. The van der Waals surface area contributed by atoms with Crippen LogP contribution in [0.4, 0.5) is 0 Å². The summed E-state index contributed by atoms with van der Waals surface area (Å²) in [6, 6.07) is 6.37. The van der Waals surface area contributed by atoms with Crippen molar-refractivity contribution >= 4 is 0 Å². The van der Waals surface area contributed by atoms with Crippen molar-refractivity contribution in [3.05, 3.63) is 29.3 Å². The lowest BCUT2D eigenvalue weighted by atomic mass is 10.1. The Morgan fingerprint density at radius 3 is 3.21 bits per heavy atom. The third-order valence-corrected chi connectivity index (χ3v) is 3.29. The Balaban J connectivity index is 1.90. The molecule has 2 aliphatic carbocycles. The molecule has 0 heterocycles. The Labute approximate surface area is 83.8 Å². The summed E-state index contributed by atoms with van der Waals surface area (Å²) in [6.07, 6.45) is 2.60. The number of hydrogen-bond acceptors (Lipinski definition) is 2. The second-order valence-electron chi connectivity index (χ2n) is 4.18. The molecule has 3 rings (SSSR count). The number of benzene rings is 1. The molecule has 2 aliphatic rings. The molecule has 1 fully saturated rings. The van der Waals surface area contributed by atoms with Gasteiger partial charge in [0.1, 0.15) is 5.75 Å². The molecule has 74 valence electrons. The molecule has 0 aromatic heterocycles. The highest BCUT2D eigenvalue weighted by molar-refractivity contribution is 5.49. The van der Waals surface area contributed by atoms with E-state index in [0.717, 1.165) is 17.6 Å². The highest BCUT2D eigenvalue weighted by Gasteiger charge is 2.45. The van der Waals surface area contributed by atoms with E-state index in [1.54, 1.807) is 7.11 Å². The van der Waals surface area contributed by atoms with E-state index in [0.29, 0.717) is 6.79 Å². The molecular formula is C12H14O2. The minimum absolute atomic E-state index is 0.353. The van der Waals surface area contributed by atoms with Gasteiger partial charge in [0.2, 0.25) is 0 Å². The third kappa shape index (κ3) is 1.14. The molecule has 0 N–H and O–H groups in total. The highest BCUT2D eigenvalue weighted by Crippen LogP contribution is 2.57. The summed E-state index contributed by atoms with van der Waals surface area (Å²) in [5, 5.41) is 0. The van der Waals surface area contributed by atoms with Gasteiger partial charge in [0.05, 0.1) is 0 Å². The van der Waals surface area contributed by atoms with Crippen LogP contribution >= 0.6 is 0 Å². The van der Waals surface area contributed by atoms with E-state index in [1.807, 2.05) is 6.07 Å². The zero-order valence-electron chi connectivity index (χ0n) is 8.32. The van der Waals surface area contributed by atoms with Gasteiger partial charge < -0.3 is 9.47 Å². The van der Waals surface area contributed by atoms with E-state index in [2.05, 4.69) is 12.1 Å². The van der Waals surface area contributed by atoms with Gasteiger partial charge in [-0.3, -0.25) is 0 Å². The summed E-state index contributed by atoms with van der Waals surface area (Å²) in [5.41, 5.74) is 2.94. The normalized spacial score (nSPS) is 26.9. The van der Waals surface area contributed by atoms with E-state index >= 15 is 0 Å². The first-order valence-electron chi connectivity index (χ1n) is 5.13. The van der Waals surface area contributed by atoms with Crippen molar-refractivity contribution in [2.24, 2.45) is 5.92 Å². The van der Waals surface area contributed by atoms with Gasteiger partial charge in [-0.25, -0.2) is 0 Å². The Kier molecular flexibility index (Phi) is 1.77. The zero-order valence-corrected chi connectivity index (χ0v) is 8.32. The molecule has 0 spiro atoms. The fraction of sp³-hybridized carbons (Fsp3) is 0.500. The van der Waals surface area contributed by atoms with Crippen molar-refractivity contribution in [3.63, 3.8) is 0 Å². The molecule has 14 heavy (non-hydrogen) atoms. The number of hydrogen-bond donors (Lipinski definition) is 0. The van der Waals surface area contributed by atoms with Crippen LogP contribution < -0.4 is 4.74 Å². The van der Waals surface area contributed by atoms with Gasteiger partial charge >= 0.3 is 0 Å². The van der Waals surface area contributed by atoms with Crippen molar-refractivity contribution < 1.29 is 9.47 Å². The summed E-state index contributed by atoms with van der Waals surface area (Å²) in [4.78, 5) is 0. The monoisotopic (exact) mass is 190 g/mol. The fourth-order valence-electron chi connectivity index (χ4n) is 2.52. The average molecular weight is 190 g/mol. The highest BCUT2D eigenvalue weighted by atomic mass is 16.7. The molecule has 0 bridgehead atoms. The smallest absolute Gasteiger partial charge is 0.188 e. The first kappa shape index (κ1) is 8.30. The Bertz CT molecular complexity index is 359. The van der Waals surface area contributed by atoms with E-state index < -0.39 is 0 Å². The zero-order chi connectivity index (χ0) is 9.54. The maximum absolute atomic E-state index is 5.54. The molecule has 0 radical (unpaired) electrons. The third-order valence-electron chi connectivity index (χ3n) is 3.29. The van der Waals surface area contributed by atoms with Gasteiger partial charge in [-0.05, 0) is 41.9 Å². The van der Waals surface area contributed by atoms with Crippen LogP contribution in [0.1, 0.15) is 23.5 Å². The topological polar surface area (TPSA) is 18.5 Å². The largest absolute Gasteiger partial charge is 0.467 e. The lowest BCUT2D eigenvalue weighted by Gasteiger charge is -2.10. The van der Waals surface area contributed by atoms with Gasteiger partial charge in [-0.2, -0.15) is 0 Å². The minimum atomic E-state index is 0.353. The van der Waals surface area contributed by atoms with Crippen molar-refractivity contribution in [2.45, 2.75) is 18.8 Å². The van der Waals surface area contributed by atoms with Crippen molar-refractivity contribution in [1.82, 2.24) is 0 Å². The Morgan fingerprint density at radius 2 is 2.36 bits per heavy atom. The molecule has 0 saturated heterocycles. The molecule has 2 nitrogen and oxygen atoms in total.